The van der Waals surface area contributed by atoms with Crippen LogP contribution in [0.15, 0.2) is 18.2 Å². The number of nitrogens with zero attached hydrogens (tertiary/aromatic N) is 1. The first kappa shape index (κ1) is 6.12. The van der Waals surface area contributed by atoms with Crippen molar-refractivity contribution in [2.45, 2.75) is 0 Å². The molecular formula is C7H3ClN. The van der Waals surface area contributed by atoms with Gasteiger partial charge in [0.05, 0.1) is 10.6 Å². The lowest BCUT2D eigenvalue weighted by atomic mass is 10.2. The third-order valence-corrected chi connectivity index (χ3v) is 1.26. The SMILES string of the molecule is N#Cc1c[c]ccc1Cl. The Labute approximate surface area is 58.5 Å². The van der Waals surface area contributed by atoms with Crippen molar-refractivity contribution in [1.29, 1.82) is 5.26 Å². The van der Waals surface area contributed by atoms with Crippen LogP contribution >= 0.6 is 11.6 Å². The smallest absolute Gasteiger partial charge is 0.101 e. The highest BCUT2D eigenvalue weighted by Gasteiger charge is 1.92. The largest absolute Gasteiger partial charge is 0.192 e. The van der Waals surface area contributed by atoms with E-state index in [1.807, 2.05) is 6.07 Å². The maximum absolute atomic E-state index is 8.36. The third-order valence-electron chi connectivity index (χ3n) is 0.931. The van der Waals surface area contributed by atoms with Gasteiger partial charge < -0.3 is 0 Å². The average molecular weight is 137 g/mol. The lowest BCUT2D eigenvalue weighted by molar-refractivity contribution is 1.48. The molecule has 1 rings (SSSR count). The summed E-state index contributed by atoms with van der Waals surface area (Å²) in [5, 5.41) is 8.85. The van der Waals surface area contributed by atoms with Crippen LogP contribution in [0.4, 0.5) is 0 Å². The molecule has 43 valence electrons. The zero-order chi connectivity index (χ0) is 6.69. The predicted molar refractivity (Wildman–Crippen MR) is 35.0 cm³/mol. The molecule has 1 aromatic carbocycles. The standard InChI is InChI=1S/C7H3ClN/c8-7-4-2-1-3-6(7)5-9/h2-4H. The van der Waals surface area contributed by atoms with Gasteiger partial charge in [-0.25, -0.2) is 0 Å². The fourth-order valence-electron chi connectivity index (χ4n) is 0.497. The molecule has 0 heterocycles. The molecule has 1 radical (unpaired) electrons. The maximum atomic E-state index is 8.36. The van der Waals surface area contributed by atoms with E-state index in [-0.39, 0.29) is 0 Å². The second kappa shape index (κ2) is 2.52. The second-order valence-electron chi connectivity index (χ2n) is 1.52. The molecule has 2 heteroatoms. The maximum Gasteiger partial charge on any atom is 0.101 e. The van der Waals surface area contributed by atoms with Crippen LogP contribution in [0.2, 0.25) is 5.02 Å². The molecule has 0 aliphatic carbocycles. The van der Waals surface area contributed by atoms with Crippen molar-refractivity contribution < 1.29 is 0 Å². The van der Waals surface area contributed by atoms with Crippen molar-refractivity contribution in [3.63, 3.8) is 0 Å². The lowest BCUT2D eigenvalue weighted by Gasteiger charge is -1.87. The van der Waals surface area contributed by atoms with Gasteiger partial charge in [-0.15, -0.1) is 0 Å². The van der Waals surface area contributed by atoms with Gasteiger partial charge in [-0.1, -0.05) is 17.7 Å². The molecule has 0 amide bonds. The fraction of sp³-hybridized carbons (Fsp3) is 0. The van der Waals surface area contributed by atoms with Crippen LogP contribution in [0.3, 0.4) is 0 Å². The highest BCUT2D eigenvalue weighted by Crippen LogP contribution is 2.11. The number of hydrogen-bond acceptors (Lipinski definition) is 1. The van der Waals surface area contributed by atoms with Gasteiger partial charge in [0, 0.05) is 0 Å². The Morgan fingerprint density at radius 1 is 1.67 bits per heavy atom. The van der Waals surface area contributed by atoms with Crippen LogP contribution in [-0.2, 0) is 0 Å². The summed E-state index contributed by atoms with van der Waals surface area (Å²) >= 11 is 5.58. The molecule has 0 saturated carbocycles. The van der Waals surface area contributed by atoms with Gasteiger partial charge in [0.2, 0.25) is 0 Å². The van der Waals surface area contributed by atoms with Crippen LogP contribution in [0.5, 0.6) is 0 Å². The lowest BCUT2D eigenvalue weighted by Crippen LogP contribution is -1.72. The van der Waals surface area contributed by atoms with Gasteiger partial charge in [-0.05, 0) is 18.2 Å². The summed E-state index contributed by atoms with van der Waals surface area (Å²) in [5.74, 6) is 0. The van der Waals surface area contributed by atoms with Crippen molar-refractivity contribution in [2.75, 3.05) is 0 Å². The van der Waals surface area contributed by atoms with E-state index in [2.05, 4.69) is 6.07 Å². The summed E-state index contributed by atoms with van der Waals surface area (Å²) < 4.78 is 0. The molecule has 0 saturated heterocycles. The Morgan fingerprint density at radius 2 is 2.44 bits per heavy atom. The molecule has 0 N–H and O–H groups in total. The molecule has 0 unspecified atom stereocenters. The third kappa shape index (κ3) is 1.22. The number of hydrogen-bond donors (Lipinski definition) is 0. The summed E-state index contributed by atoms with van der Waals surface area (Å²) in [7, 11) is 0. The van der Waals surface area contributed by atoms with E-state index in [1.54, 1.807) is 18.2 Å². The van der Waals surface area contributed by atoms with Gasteiger partial charge >= 0.3 is 0 Å². The molecule has 0 bridgehead atoms. The van der Waals surface area contributed by atoms with Gasteiger partial charge in [0.15, 0.2) is 0 Å². The fourth-order valence-corrected chi connectivity index (χ4v) is 0.657. The second-order valence-corrected chi connectivity index (χ2v) is 1.92. The summed E-state index contributed by atoms with van der Waals surface area (Å²) in [6.07, 6.45) is 0. The molecule has 0 fully saturated rings. The van der Waals surface area contributed by atoms with Crippen molar-refractivity contribution in [2.24, 2.45) is 0 Å². The summed E-state index contributed by atoms with van der Waals surface area (Å²) in [4.78, 5) is 0. The molecule has 0 atom stereocenters. The van der Waals surface area contributed by atoms with E-state index in [1.165, 1.54) is 0 Å². The first-order chi connectivity index (χ1) is 4.34. The number of nitriles is 1. The first-order valence-corrected chi connectivity index (χ1v) is 2.78. The molecule has 1 aromatic rings. The number of rotatable bonds is 0. The van der Waals surface area contributed by atoms with Crippen molar-refractivity contribution in [3.05, 3.63) is 34.9 Å². The van der Waals surface area contributed by atoms with E-state index in [4.69, 9.17) is 16.9 Å². The van der Waals surface area contributed by atoms with Crippen molar-refractivity contribution in [3.8, 4) is 6.07 Å². The zero-order valence-corrected chi connectivity index (χ0v) is 5.31. The van der Waals surface area contributed by atoms with Gasteiger partial charge in [-0.2, -0.15) is 5.26 Å². The Morgan fingerprint density at radius 3 is 2.89 bits per heavy atom. The Hall–Kier alpha value is -1.00. The van der Waals surface area contributed by atoms with E-state index in [0.29, 0.717) is 10.6 Å². The van der Waals surface area contributed by atoms with Crippen LogP contribution < -0.4 is 0 Å². The van der Waals surface area contributed by atoms with Crippen LogP contribution in [-0.4, -0.2) is 0 Å². The normalized spacial score (nSPS) is 8.44. The van der Waals surface area contributed by atoms with Crippen molar-refractivity contribution in [1.82, 2.24) is 0 Å². The van der Waals surface area contributed by atoms with E-state index < -0.39 is 0 Å². The Bertz CT molecular complexity index is 249. The predicted octanol–water partition coefficient (Wildman–Crippen LogP) is 2.01. The highest BCUT2D eigenvalue weighted by molar-refractivity contribution is 6.31. The molecule has 1 nitrogen and oxygen atoms in total. The topological polar surface area (TPSA) is 23.8 Å². The van der Waals surface area contributed by atoms with Crippen LogP contribution in [0, 0.1) is 17.4 Å². The summed E-state index contributed by atoms with van der Waals surface area (Å²) in [5.41, 5.74) is 0.471. The summed E-state index contributed by atoms with van der Waals surface area (Å²) in [6.45, 7) is 0. The Balaban J connectivity index is 3.20. The van der Waals surface area contributed by atoms with Gasteiger partial charge in [-0.3, -0.25) is 0 Å². The Kier molecular flexibility index (Phi) is 1.72. The van der Waals surface area contributed by atoms with E-state index >= 15 is 0 Å². The monoisotopic (exact) mass is 136 g/mol. The molecule has 0 aliphatic heterocycles. The summed E-state index contributed by atoms with van der Waals surface area (Å²) in [6, 6.07) is 9.54. The highest BCUT2D eigenvalue weighted by atomic mass is 35.5. The minimum Gasteiger partial charge on any atom is -0.192 e. The molecule has 0 aliphatic rings. The van der Waals surface area contributed by atoms with Crippen molar-refractivity contribution >= 4 is 11.6 Å². The molecule has 9 heavy (non-hydrogen) atoms. The van der Waals surface area contributed by atoms with E-state index in [0.717, 1.165) is 0 Å². The molecule has 0 spiro atoms. The zero-order valence-electron chi connectivity index (χ0n) is 4.56. The first-order valence-electron chi connectivity index (χ1n) is 2.40. The molecular weight excluding hydrogens is 134 g/mol. The average Bonchev–Trinajstić information content (AvgIpc) is 1.89. The van der Waals surface area contributed by atoms with Crippen LogP contribution in [0.1, 0.15) is 5.56 Å². The number of benzene rings is 1. The van der Waals surface area contributed by atoms with E-state index in [9.17, 15) is 0 Å². The van der Waals surface area contributed by atoms with Gasteiger partial charge in [0.1, 0.15) is 6.07 Å². The number of halogens is 1. The minimum atomic E-state index is 0.471. The minimum absolute atomic E-state index is 0.471. The quantitative estimate of drug-likeness (QED) is 0.535. The van der Waals surface area contributed by atoms with Crippen LogP contribution in [0.25, 0.3) is 0 Å². The van der Waals surface area contributed by atoms with Gasteiger partial charge in [0.25, 0.3) is 0 Å². The molecule has 0 aromatic heterocycles.